The van der Waals surface area contributed by atoms with Gasteiger partial charge in [-0.05, 0) is 31.5 Å². The number of nitrogens with one attached hydrogen (secondary N) is 1. The first-order valence-corrected chi connectivity index (χ1v) is 11.3. The van der Waals surface area contributed by atoms with E-state index in [0.29, 0.717) is 18.6 Å². The number of thiazole rings is 1. The van der Waals surface area contributed by atoms with Crippen LogP contribution in [0.25, 0.3) is 33.4 Å². The van der Waals surface area contributed by atoms with E-state index in [1.165, 1.54) is 6.07 Å². The average Bonchev–Trinajstić information content (AvgIpc) is 3.46. The van der Waals surface area contributed by atoms with Crippen LogP contribution in [0.4, 0.5) is 10.2 Å². The van der Waals surface area contributed by atoms with E-state index in [1.807, 2.05) is 59.6 Å². The summed E-state index contributed by atoms with van der Waals surface area (Å²) >= 11 is 1.58. The largest absolute Gasteiger partial charge is 0.368 e. The molecule has 0 radical (unpaired) electrons. The first-order chi connectivity index (χ1) is 15.6. The minimum atomic E-state index is -0.191. The monoisotopic (exact) mass is 443 g/mol. The quantitative estimate of drug-likeness (QED) is 0.345. The molecule has 3 heterocycles. The van der Waals surface area contributed by atoms with Crippen LogP contribution < -0.4 is 5.32 Å². The lowest BCUT2D eigenvalue weighted by atomic mass is 10.1. The smallest absolute Gasteiger partial charge is 0.147 e. The molecule has 0 spiro atoms. The Balaban J connectivity index is 1.31. The van der Waals surface area contributed by atoms with Crippen molar-refractivity contribution >= 4 is 28.1 Å². The van der Waals surface area contributed by atoms with Gasteiger partial charge in [0, 0.05) is 46.7 Å². The Kier molecular flexibility index (Phi) is 5.41. The summed E-state index contributed by atoms with van der Waals surface area (Å²) in [4.78, 5) is 13.1. The van der Waals surface area contributed by atoms with Gasteiger partial charge in [-0.25, -0.2) is 19.3 Å². The number of nitrogens with zero attached hydrogens (tertiary/aromatic N) is 4. The summed E-state index contributed by atoms with van der Waals surface area (Å²) in [5, 5.41) is 6.35. The molecule has 32 heavy (non-hydrogen) atoms. The van der Waals surface area contributed by atoms with Gasteiger partial charge in [-0.1, -0.05) is 30.3 Å². The Morgan fingerprint density at radius 3 is 2.47 bits per heavy atom. The van der Waals surface area contributed by atoms with Crippen molar-refractivity contribution in [2.75, 3.05) is 11.9 Å². The van der Waals surface area contributed by atoms with Gasteiger partial charge in [-0.2, -0.15) is 0 Å². The highest BCUT2D eigenvalue weighted by atomic mass is 32.1. The highest BCUT2D eigenvalue weighted by Gasteiger charge is 2.12. The third kappa shape index (κ3) is 3.87. The Morgan fingerprint density at radius 1 is 0.938 bits per heavy atom. The summed E-state index contributed by atoms with van der Waals surface area (Å²) in [6.45, 7) is 5.28. The predicted molar refractivity (Wildman–Crippen MR) is 128 cm³/mol. The predicted octanol–water partition coefficient (Wildman–Crippen LogP) is 6.09. The molecular weight excluding hydrogens is 421 g/mol. The number of hydrogen-bond acceptors (Lipinski definition) is 5. The van der Waals surface area contributed by atoms with Crippen molar-refractivity contribution in [2.45, 2.75) is 20.4 Å². The second-order valence-electron chi connectivity index (χ2n) is 7.73. The fraction of sp³-hybridized carbons (Fsp3) is 0.160. The van der Waals surface area contributed by atoms with E-state index in [0.717, 1.165) is 45.0 Å². The summed E-state index contributed by atoms with van der Waals surface area (Å²) in [7, 11) is 0. The lowest BCUT2D eigenvalue weighted by Gasteiger charge is -2.11. The van der Waals surface area contributed by atoms with Crippen molar-refractivity contribution in [3.8, 4) is 22.5 Å². The van der Waals surface area contributed by atoms with Gasteiger partial charge in [0.05, 0.1) is 22.4 Å². The molecule has 0 saturated carbocycles. The van der Waals surface area contributed by atoms with E-state index in [9.17, 15) is 4.39 Å². The molecule has 0 unspecified atom stereocenters. The second kappa shape index (κ2) is 8.51. The number of rotatable bonds is 6. The maximum absolute atomic E-state index is 14.5. The van der Waals surface area contributed by atoms with Crippen LogP contribution in [0.5, 0.6) is 0 Å². The highest BCUT2D eigenvalue weighted by Crippen LogP contribution is 2.26. The molecule has 0 aliphatic heterocycles. The molecule has 0 saturated heterocycles. The number of anilines is 1. The molecular formula is C25H22FN5S. The molecule has 0 fully saturated rings. The summed E-state index contributed by atoms with van der Waals surface area (Å²) < 4.78 is 16.5. The molecule has 5 rings (SSSR count). The Morgan fingerprint density at radius 2 is 1.72 bits per heavy atom. The van der Waals surface area contributed by atoms with Gasteiger partial charge in [0.2, 0.25) is 0 Å². The van der Waals surface area contributed by atoms with Crippen molar-refractivity contribution in [3.63, 3.8) is 0 Å². The summed E-state index contributed by atoms with van der Waals surface area (Å²) in [6.07, 6.45) is 1.56. The fourth-order valence-corrected chi connectivity index (χ4v) is 4.53. The third-order valence-electron chi connectivity index (χ3n) is 5.65. The molecule has 0 atom stereocenters. The molecule has 160 valence electrons. The van der Waals surface area contributed by atoms with E-state index >= 15 is 0 Å². The molecule has 1 N–H and O–H groups in total. The van der Waals surface area contributed by atoms with Crippen LogP contribution in [0.3, 0.4) is 0 Å². The lowest BCUT2D eigenvalue weighted by molar-refractivity contribution is 0.621. The number of fused-ring (bicyclic) bond motifs is 1. The molecule has 5 nitrogen and oxygen atoms in total. The van der Waals surface area contributed by atoms with Gasteiger partial charge in [0.1, 0.15) is 18.0 Å². The lowest BCUT2D eigenvalue weighted by Crippen LogP contribution is -2.13. The summed E-state index contributed by atoms with van der Waals surface area (Å²) in [5.74, 6) is 0.550. The van der Waals surface area contributed by atoms with Crippen LogP contribution in [-0.2, 0) is 6.54 Å². The molecule has 0 amide bonds. The van der Waals surface area contributed by atoms with Crippen molar-refractivity contribution in [1.82, 2.24) is 19.5 Å². The molecule has 0 aliphatic rings. The van der Waals surface area contributed by atoms with Crippen LogP contribution in [0, 0.1) is 19.7 Å². The van der Waals surface area contributed by atoms with Crippen molar-refractivity contribution in [1.29, 1.82) is 0 Å². The minimum Gasteiger partial charge on any atom is -0.368 e. The van der Waals surface area contributed by atoms with E-state index < -0.39 is 0 Å². The zero-order chi connectivity index (χ0) is 22.1. The Hall–Kier alpha value is -3.58. The maximum atomic E-state index is 14.5. The molecule has 0 bridgehead atoms. The van der Waals surface area contributed by atoms with Gasteiger partial charge in [-0.15, -0.1) is 11.3 Å². The molecule has 5 aromatic rings. The maximum Gasteiger partial charge on any atom is 0.147 e. The van der Waals surface area contributed by atoms with Gasteiger partial charge in [0.15, 0.2) is 0 Å². The number of halogens is 1. The van der Waals surface area contributed by atoms with Crippen molar-refractivity contribution in [3.05, 3.63) is 82.8 Å². The summed E-state index contributed by atoms with van der Waals surface area (Å²) in [6, 6.07) is 15.5. The zero-order valence-electron chi connectivity index (χ0n) is 17.8. The number of benzene rings is 2. The van der Waals surface area contributed by atoms with Crippen LogP contribution in [0.1, 0.15) is 11.3 Å². The zero-order valence-corrected chi connectivity index (χ0v) is 18.7. The van der Waals surface area contributed by atoms with Crippen LogP contribution in [0.15, 0.2) is 65.7 Å². The van der Waals surface area contributed by atoms with E-state index in [-0.39, 0.29) is 5.82 Å². The number of aryl methyl sites for hydroxylation is 2. The van der Waals surface area contributed by atoms with Gasteiger partial charge >= 0.3 is 0 Å². The van der Waals surface area contributed by atoms with Gasteiger partial charge < -0.3 is 9.88 Å². The van der Waals surface area contributed by atoms with Gasteiger partial charge in [-0.3, -0.25) is 0 Å². The highest BCUT2D eigenvalue weighted by molar-refractivity contribution is 7.07. The Bertz CT molecular complexity index is 1370. The SMILES string of the molecule is Cc1ccc(F)c2c1cc(C)n2CCNc1cc(-c2ccc(-c3cscn3)cc2)ncn1. The van der Waals surface area contributed by atoms with Gasteiger partial charge in [0.25, 0.3) is 0 Å². The molecule has 3 aromatic heterocycles. The van der Waals surface area contributed by atoms with E-state index in [4.69, 9.17) is 0 Å². The molecule has 7 heteroatoms. The minimum absolute atomic E-state index is 0.191. The number of hydrogen-bond donors (Lipinski definition) is 1. The molecule has 0 aliphatic carbocycles. The number of aromatic nitrogens is 4. The van der Waals surface area contributed by atoms with E-state index in [2.05, 4.69) is 32.4 Å². The standard InChI is InChI=1S/C25H22FN5S/c1-16-3-8-21(26)25-20(16)11-17(2)31(25)10-9-27-24-12-22(28-14-29-24)18-4-6-19(7-5-18)23-13-32-15-30-23/h3-8,11-15H,9-10H2,1-2H3,(H,27,28,29). The van der Waals surface area contributed by atoms with Crippen LogP contribution in [-0.4, -0.2) is 26.1 Å². The van der Waals surface area contributed by atoms with Crippen LogP contribution in [0.2, 0.25) is 0 Å². The topological polar surface area (TPSA) is 55.6 Å². The fourth-order valence-electron chi connectivity index (χ4n) is 3.96. The van der Waals surface area contributed by atoms with Crippen molar-refractivity contribution < 1.29 is 4.39 Å². The third-order valence-corrected chi connectivity index (χ3v) is 6.24. The average molecular weight is 444 g/mol. The normalized spacial score (nSPS) is 11.2. The van der Waals surface area contributed by atoms with E-state index in [1.54, 1.807) is 17.7 Å². The molecule has 2 aromatic carbocycles. The first-order valence-electron chi connectivity index (χ1n) is 10.4. The second-order valence-corrected chi connectivity index (χ2v) is 8.45. The van der Waals surface area contributed by atoms with Crippen molar-refractivity contribution in [2.24, 2.45) is 0 Å². The summed E-state index contributed by atoms with van der Waals surface area (Å²) in [5.41, 5.74) is 8.53. The Labute approximate surface area is 189 Å². The first kappa shape index (κ1) is 20.3. The van der Waals surface area contributed by atoms with Crippen LogP contribution >= 0.6 is 11.3 Å².